The Hall–Kier alpha value is -3.17. The van der Waals surface area contributed by atoms with E-state index in [1.165, 1.54) is 6.20 Å². The molecule has 0 radical (unpaired) electrons. The third-order valence-corrected chi connectivity index (χ3v) is 2.86. The molecule has 9 nitrogen and oxygen atoms in total. The predicted octanol–water partition coefficient (Wildman–Crippen LogP) is -1.80. The first-order valence-electron chi connectivity index (χ1n) is 6.05. The van der Waals surface area contributed by atoms with E-state index in [2.05, 4.69) is 25.4 Å². The summed E-state index contributed by atoms with van der Waals surface area (Å²) < 4.78 is 1.69. The SMILES string of the molecule is Bc1nc(Nc2nc(N)ncc2C(N)=O)cc2ccnn12. The highest BCUT2D eigenvalue weighted by Gasteiger charge is 2.13. The molecule has 0 aliphatic heterocycles. The molecule has 0 saturated heterocycles. The molecule has 0 saturated carbocycles. The Kier molecular flexibility index (Phi) is 2.90. The van der Waals surface area contributed by atoms with Crippen LogP contribution in [0.25, 0.3) is 5.52 Å². The molecule has 104 valence electrons. The number of aromatic nitrogens is 5. The number of fused-ring (bicyclic) bond motifs is 1. The van der Waals surface area contributed by atoms with E-state index >= 15 is 0 Å². The first-order chi connectivity index (χ1) is 10.0. The molecule has 0 aliphatic rings. The molecule has 0 spiro atoms. The number of rotatable bonds is 3. The third-order valence-electron chi connectivity index (χ3n) is 2.86. The maximum absolute atomic E-state index is 11.4. The number of nitrogens with two attached hydrogens (primary N) is 2. The second kappa shape index (κ2) is 4.74. The number of nitrogens with zero attached hydrogens (tertiary/aromatic N) is 5. The van der Waals surface area contributed by atoms with Crippen molar-refractivity contribution in [3.63, 3.8) is 0 Å². The van der Waals surface area contributed by atoms with E-state index in [1.54, 1.807) is 16.8 Å². The molecule has 21 heavy (non-hydrogen) atoms. The van der Waals surface area contributed by atoms with Crippen molar-refractivity contribution < 1.29 is 4.79 Å². The zero-order valence-corrected chi connectivity index (χ0v) is 11.1. The van der Waals surface area contributed by atoms with Gasteiger partial charge in [0.1, 0.15) is 17.2 Å². The van der Waals surface area contributed by atoms with E-state index in [1.807, 2.05) is 13.9 Å². The van der Waals surface area contributed by atoms with Crippen molar-refractivity contribution in [3.8, 4) is 0 Å². The van der Waals surface area contributed by atoms with Gasteiger partial charge >= 0.3 is 0 Å². The van der Waals surface area contributed by atoms with Crippen molar-refractivity contribution >= 4 is 42.6 Å². The molecule has 1 amide bonds. The number of hydrogen-bond donors (Lipinski definition) is 3. The zero-order valence-electron chi connectivity index (χ0n) is 11.1. The number of hydrogen-bond acceptors (Lipinski definition) is 7. The number of carbonyl (C=O) groups excluding carboxylic acids is 1. The molecule has 3 heterocycles. The van der Waals surface area contributed by atoms with Crippen LogP contribution in [-0.2, 0) is 0 Å². The van der Waals surface area contributed by atoms with Gasteiger partial charge in [-0.2, -0.15) is 10.1 Å². The minimum atomic E-state index is -0.653. The lowest BCUT2D eigenvalue weighted by Crippen LogP contribution is -2.21. The largest absolute Gasteiger partial charge is 0.368 e. The van der Waals surface area contributed by atoms with Crippen molar-refractivity contribution in [2.45, 2.75) is 0 Å². The van der Waals surface area contributed by atoms with E-state index in [-0.39, 0.29) is 17.3 Å². The summed E-state index contributed by atoms with van der Waals surface area (Å²) in [6.07, 6.45) is 2.95. The summed E-state index contributed by atoms with van der Waals surface area (Å²) in [5.74, 6) is 0.0937. The van der Waals surface area contributed by atoms with Crippen LogP contribution >= 0.6 is 0 Å². The Bertz CT molecular complexity index is 845. The molecular formula is C11H11BN8O. The van der Waals surface area contributed by atoms with E-state index in [4.69, 9.17) is 11.5 Å². The normalized spacial score (nSPS) is 10.7. The first-order valence-corrected chi connectivity index (χ1v) is 6.05. The van der Waals surface area contributed by atoms with Crippen LogP contribution in [0.15, 0.2) is 24.5 Å². The molecule has 0 bridgehead atoms. The van der Waals surface area contributed by atoms with Crippen molar-refractivity contribution in [2.75, 3.05) is 11.1 Å². The molecular weight excluding hydrogens is 271 g/mol. The van der Waals surface area contributed by atoms with Gasteiger partial charge in [-0.1, -0.05) is 0 Å². The van der Waals surface area contributed by atoms with Crippen LogP contribution in [-0.4, -0.2) is 38.3 Å². The van der Waals surface area contributed by atoms with Crippen molar-refractivity contribution in [1.82, 2.24) is 24.6 Å². The van der Waals surface area contributed by atoms with Crippen LogP contribution in [0.4, 0.5) is 17.6 Å². The number of nitrogen functional groups attached to an aromatic ring is 1. The zero-order chi connectivity index (χ0) is 15.0. The van der Waals surface area contributed by atoms with E-state index in [9.17, 15) is 4.79 Å². The van der Waals surface area contributed by atoms with Gasteiger partial charge in [0, 0.05) is 12.3 Å². The van der Waals surface area contributed by atoms with Crippen LogP contribution in [0, 0.1) is 0 Å². The van der Waals surface area contributed by atoms with Gasteiger partial charge in [-0.25, -0.2) is 14.5 Å². The average Bonchev–Trinajstić information content (AvgIpc) is 2.87. The average molecular weight is 282 g/mol. The van der Waals surface area contributed by atoms with E-state index in [0.29, 0.717) is 11.5 Å². The summed E-state index contributed by atoms with van der Waals surface area (Å²) in [5.41, 5.74) is 12.5. The number of carbonyl (C=O) groups is 1. The second-order valence-corrected chi connectivity index (χ2v) is 4.34. The lowest BCUT2D eigenvalue weighted by atomic mass is 10.1. The Morgan fingerprint density at radius 2 is 2.19 bits per heavy atom. The second-order valence-electron chi connectivity index (χ2n) is 4.34. The molecule has 3 aromatic rings. The van der Waals surface area contributed by atoms with Crippen molar-refractivity contribution in [3.05, 3.63) is 30.1 Å². The van der Waals surface area contributed by atoms with Crippen LogP contribution in [0.2, 0.25) is 0 Å². The summed E-state index contributed by atoms with van der Waals surface area (Å²) in [4.78, 5) is 23.5. The molecule has 3 rings (SSSR count). The quantitative estimate of drug-likeness (QED) is 0.482. The van der Waals surface area contributed by atoms with Gasteiger partial charge in [0.15, 0.2) is 7.85 Å². The third kappa shape index (κ3) is 2.33. The van der Waals surface area contributed by atoms with Crippen molar-refractivity contribution in [2.24, 2.45) is 5.73 Å². The maximum atomic E-state index is 11.4. The lowest BCUT2D eigenvalue weighted by Gasteiger charge is -2.10. The fourth-order valence-corrected chi connectivity index (χ4v) is 1.94. The number of primary amides is 1. The Morgan fingerprint density at radius 3 is 2.95 bits per heavy atom. The summed E-state index contributed by atoms with van der Waals surface area (Å²) >= 11 is 0. The van der Waals surface area contributed by atoms with Gasteiger partial charge in [-0.15, -0.1) is 0 Å². The molecule has 0 aliphatic carbocycles. The standard InChI is InChI=1S/C11H11BN8O/c12-10-18-7(3-5-1-2-16-20(5)10)17-9-6(8(13)21)4-15-11(14)19-9/h1-4H,12H2,(H2,13,21)(H3,14,15,17,19). The molecule has 3 aromatic heterocycles. The topological polar surface area (TPSA) is 137 Å². The van der Waals surface area contributed by atoms with Gasteiger partial charge in [0.2, 0.25) is 5.95 Å². The maximum Gasteiger partial charge on any atom is 0.254 e. The highest BCUT2D eigenvalue weighted by Crippen LogP contribution is 2.17. The fourth-order valence-electron chi connectivity index (χ4n) is 1.94. The molecule has 0 fully saturated rings. The van der Waals surface area contributed by atoms with Gasteiger partial charge < -0.3 is 16.8 Å². The predicted molar refractivity (Wildman–Crippen MR) is 79.4 cm³/mol. The smallest absolute Gasteiger partial charge is 0.254 e. The minimum Gasteiger partial charge on any atom is -0.368 e. The molecule has 10 heteroatoms. The molecule has 0 atom stereocenters. The number of nitrogens with one attached hydrogen (secondary N) is 1. The Labute approximate surface area is 119 Å². The summed E-state index contributed by atoms with van der Waals surface area (Å²) in [6, 6.07) is 3.60. The molecule has 5 N–H and O–H groups in total. The van der Waals surface area contributed by atoms with Gasteiger partial charge in [-0.05, 0) is 6.07 Å². The number of amides is 1. The molecule has 0 aromatic carbocycles. The van der Waals surface area contributed by atoms with Crippen LogP contribution in [0.3, 0.4) is 0 Å². The van der Waals surface area contributed by atoms with Gasteiger partial charge in [0.25, 0.3) is 5.91 Å². The monoisotopic (exact) mass is 282 g/mol. The highest BCUT2D eigenvalue weighted by atomic mass is 16.1. The summed E-state index contributed by atoms with van der Waals surface area (Å²) in [5, 5.41) is 7.07. The summed E-state index contributed by atoms with van der Waals surface area (Å²) in [6.45, 7) is 0. The highest BCUT2D eigenvalue weighted by molar-refractivity contribution is 6.29. The van der Waals surface area contributed by atoms with Gasteiger partial charge in [-0.3, -0.25) is 4.79 Å². The summed E-state index contributed by atoms with van der Waals surface area (Å²) in [7, 11) is 1.81. The first kappa shape index (κ1) is 12.8. The van der Waals surface area contributed by atoms with Crippen LogP contribution in [0.1, 0.15) is 10.4 Å². The minimum absolute atomic E-state index is 0.0321. The molecule has 0 unspecified atom stereocenters. The van der Waals surface area contributed by atoms with Crippen LogP contribution < -0.4 is 22.5 Å². The fraction of sp³-hybridized carbons (Fsp3) is 0. The lowest BCUT2D eigenvalue weighted by molar-refractivity contribution is 0.100. The van der Waals surface area contributed by atoms with Gasteiger partial charge in [0.05, 0.1) is 17.4 Å². The Morgan fingerprint density at radius 1 is 1.38 bits per heavy atom. The van der Waals surface area contributed by atoms with Crippen molar-refractivity contribution in [1.29, 1.82) is 0 Å². The van der Waals surface area contributed by atoms with Crippen LogP contribution in [0.5, 0.6) is 0 Å². The Balaban J connectivity index is 2.05. The number of anilines is 3. The van der Waals surface area contributed by atoms with E-state index in [0.717, 1.165) is 5.52 Å². The van der Waals surface area contributed by atoms with E-state index < -0.39 is 5.91 Å².